The van der Waals surface area contributed by atoms with E-state index < -0.39 is 15.9 Å². The number of carbonyl (C=O) groups is 1. The lowest BCUT2D eigenvalue weighted by Gasteiger charge is -2.29. The minimum absolute atomic E-state index is 0.0445. The highest BCUT2D eigenvalue weighted by Gasteiger charge is 2.35. The summed E-state index contributed by atoms with van der Waals surface area (Å²) in [7, 11) is 1.29. The highest BCUT2D eigenvalue weighted by atomic mass is 79.9. The number of hydrogen-bond donors (Lipinski definition) is 0. The molecule has 0 unspecified atom stereocenters. The van der Waals surface area contributed by atoms with Gasteiger partial charge in [-0.15, -0.1) is 0 Å². The van der Waals surface area contributed by atoms with E-state index in [2.05, 4.69) is 15.9 Å². The first kappa shape index (κ1) is 22.4. The SMILES string of the molecule is COc1cc(C(=O)N(Cc2cccc(Br)c2)[C@H]2CCS(=O)(=O)C2)cc(OC)c1OC. The fourth-order valence-corrected chi connectivity index (χ4v) is 5.77. The van der Waals surface area contributed by atoms with Crippen molar-refractivity contribution in [2.75, 3.05) is 32.8 Å². The molecule has 0 spiro atoms. The molecular formula is C21H24BrNO6S. The molecule has 0 N–H and O–H groups in total. The molecule has 2 aromatic carbocycles. The Balaban J connectivity index is 2.01. The van der Waals surface area contributed by atoms with E-state index in [0.717, 1.165) is 10.0 Å². The van der Waals surface area contributed by atoms with Gasteiger partial charge in [0, 0.05) is 22.6 Å². The van der Waals surface area contributed by atoms with Crippen LogP contribution in [0.25, 0.3) is 0 Å². The van der Waals surface area contributed by atoms with Gasteiger partial charge in [-0.1, -0.05) is 28.1 Å². The van der Waals surface area contributed by atoms with Crippen LogP contribution in [0.1, 0.15) is 22.3 Å². The number of carbonyl (C=O) groups excluding carboxylic acids is 1. The predicted octanol–water partition coefficient (Wildman–Crippen LogP) is 3.30. The normalized spacial score (nSPS) is 17.4. The van der Waals surface area contributed by atoms with Crippen molar-refractivity contribution in [1.82, 2.24) is 4.90 Å². The second-order valence-corrected chi connectivity index (χ2v) is 10.2. The van der Waals surface area contributed by atoms with Gasteiger partial charge in [0.2, 0.25) is 5.75 Å². The lowest BCUT2D eigenvalue weighted by Crippen LogP contribution is -2.40. The van der Waals surface area contributed by atoms with Gasteiger partial charge in [-0.3, -0.25) is 4.79 Å². The first-order valence-electron chi connectivity index (χ1n) is 9.34. The van der Waals surface area contributed by atoms with Crippen LogP contribution in [0.2, 0.25) is 0 Å². The van der Waals surface area contributed by atoms with Gasteiger partial charge < -0.3 is 19.1 Å². The summed E-state index contributed by atoms with van der Waals surface area (Å²) in [4.78, 5) is 15.2. The highest BCUT2D eigenvalue weighted by Crippen LogP contribution is 2.39. The van der Waals surface area contributed by atoms with E-state index in [4.69, 9.17) is 14.2 Å². The van der Waals surface area contributed by atoms with Gasteiger partial charge in [-0.05, 0) is 36.2 Å². The van der Waals surface area contributed by atoms with E-state index in [1.54, 1.807) is 17.0 Å². The molecule has 162 valence electrons. The third-order valence-electron chi connectivity index (χ3n) is 5.06. The number of benzene rings is 2. The maximum Gasteiger partial charge on any atom is 0.254 e. The van der Waals surface area contributed by atoms with Crippen molar-refractivity contribution in [3.8, 4) is 17.2 Å². The van der Waals surface area contributed by atoms with Crippen molar-refractivity contribution < 1.29 is 27.4 Å². The molecule has 30 heavy (non-hydrogen) atoms. The van der Waals surface area contributed by atoms with Gasteiger partial charge in [-0.2, -0.15) is 0 Å². The molecule has 1 saturated heterocycles. The zero-order valence-corrected chi connectivity index (χ0v) is 19.5. The maximum absolute atomic E-state index is 13.5. The molecule has 1 aliphatic heterocycles. The second kappa shape index (κ2) is 9.26. The molecule has 1 atom stereocenters. The number of methoxy groups -OCH3 is 3. The van der Waals surface area contributed by atoms with Gasteiger partial charge in [0.25, 0.3) is 5.91 Å². The standard InChI is InChI=1S/C21H24BrNO6S/c1-27-18-10-15(11-19(28-2)20(18)29-3)21(24)23(17-7-8-30(25,26)13-17)12-14-5-4-6-16(22)9-14/h4-6,9-11,17H,7-8,12-13H2,1-3H3/t17-/m0/s1. The van der Waals surface area contributed by atoms with Crippen molar-refractivity contribution >= 4 is 31.7 Å². The third kappa shape index (κ3) is 4.89. The number of halogens is 1. The molecule has 1 fully saturated rings. The summed E-state index contributed by atoms with van der Waals surface area (Å²) in [5.74, 6) is 0.852. The molecular weight excluding hydrogens is 474 g/mol. The van der Waals surface area contributed by atoms with Crippen LogP contribution < -0.4 is 14.2 Å². The van der Waals surface area contributed by atoms with E-state index in [-0.39, 0.29) is 24.0 Å². The van der Waals surface area contributed by atoms with Crippen LogP contribution in [-0.2, 0) is 16.4 Å². The lowest BCUT2D eigenvalue weighted by molar-refractivity contribution is 0.0680. The Morgan fingerprint density at radius 2 is 1.77 bits per heavy atom. The Kier molecular flexibility index (Phi) is 6.92. The second-order valence-electron chi connectivity index (χ2n) is 7.03. The Morgan fingerprint density at radius 3 is 2.27 bits per heavy atom. The van der Waals surface area contributed by atoms with E-state index in [1.165, 1.54) is 21.3 Å². The number of ether oxygens (including phenoxy) is 3. The molecule has 2 aromatic rings. The first-order chi connectivity index (χ1) is 14.3. The highest BCUT2D eigenvalue weighted by molar-refractivity contribution is 9.10. The van der Waals surface area contributed by atoms with Crippen molar-refractivity contribution in [1.29, 1.82) is 0 Å². The number of amides is 1. The van der Waals surface area contributed by atoms with Gasteiger partial charge in [0.1, 0.15) is 0 Å². The Bertz CT molecular complexity index is 1010. The fraction of sp³-hybridized carbons (Fsp3) is 0.381. The Labute approximate surface area is 185 Å². The zero-order valence-electron chi connectivity index (χ0n) is 17.1. The molecule has 1 heterocycles. The van der Waals surface area contributed by atoms with Crippen LogP contribution in [0.4, 0.5) is 0 Å². The first-order valence-corrected chi connectivity index (χ1v) is 11.9. The van der Waals surface area contributed by atoms with Crippen LogP contribution in [-0.4, -0.2) is 58.1 Å². The number of hydrogen-bond acceptors (Lipinski definition) is 6. The summed E-state index contributed by atoms with van der Waals surface area (Å²) in [6, 6.07) is 10.4. The Hall–Kier alpha value is -2.26. The van der Waals surface area contributed by atoms with Gasteiger partial charge >= 0.3 is 0 Å². The van der Waals surface area contributed by atoms with E-state index in [9.17, 15) is 13.2 Å². The summed E-state index contributed by atoms with van der Waals surface area (Å²) < 4.78 is 41.1. The summed E-state index contributed by atoms with van der Waals surface area (Å²) in [5.41, 5.74) is 1.23. The molecule has 3 rings (SSSR count). The van der Waals surface area contributed by atoms with Gasteiger partial charge in [-0.25, -0.2) is 8.42 Å². The van der Waals surface area contributed by atoms with Crippen molar-refractivity contribution in [3.05, 3.63) is 52.0 Å². The zero-order chi connectivity index (χ0) is 21.9. The molecule has 1 amide bonds. The third-order valence-corrected chi connectivity index (χ3v) is 7.31. The minimum atomic E-state index is -3.17. The monoisotopic (exact) mass is 497 g/mol. The smallest absolute Gasteiger partial charge is 0.254 e. The average Bonchev–Trinajstić information content (AvgIpc) is 3.09. The molecule has 9 heteroatoms. The predicted molar refractivity (Wildman–Crippen MR) is 117 cm³/mol. The number of sulfone groups is 1. The van der Waals surface area contributed by atoms with Crippen molar-refractivity contribution in [2.24, 2.45) is 0 Å². The minimum Gasteiger partial charge on any atom is -0.493 e. The summed E-state index contributed by atoms with van der Waals surface area (Å²) in [6.07, 6.45) is 0.409. The molecule has 7 nitrogen and oxygen atoms in total. The quantitative estimate of drug-likeness (QED) is 0.583. The molecule has 0 bridgehead atoms. The lowest BCUT2D eigenvalue weighted by atomic mass is 10.1. The Morgan fingerprint density at radius 1 is 1.10 bits per heavy atom. The molecule has 0 saturated carbocycles. The van der Waals surface area contributed by atoms with Crippen molar-refractivity contribution in [3.63, 3.8) is 0 Å². The number of nitrogens with zero attached hydrogens (tertiary/aromatic N) is 1. The molecule has 0 aromatic heterocycles. The van der Waals surface area contributed by atoms with Crippen molar-refractivity contribution in [2.45, 2.75) is 19.0 Å². The largest absolute Gasteiger partial charge is 0.493 e. The molecule has 1 aliphatic rings. The van der Waals surface area contributed by atoms with Gasteiger partial charge in [0.15, 0.2) is 21.3 Å². The molecule has 0 radical (unpaired) electrons. The number of rotatable bonds is 7. The summed E-state index contributed by atoms with van der Waals surface area (Å²) in [5, 5.41) is 0. The van der Waals surface area contributed by atoms with Crippen LogP contribution in [0.5, 0.6) is 17.2 Å². The van der Waals surface area contributed by atoms with Gasteiger partial charge in [0.05, 0.1) is 32.8 Å². The average molecular weight is 498 g/mol. The summed E-state index contributed by atoms with van der Waals surface area (Å²) >= 11 is 3.44. The van der Waals surface area contributed by atoms with Crippen LogP contribution in [0.3, 0.4) is 0 Å². The fourth-order valence-electron chi connectivity index (χ4n) is 3.59. The van der Waals surface area contributed by atoms with Crippen LogP contribution in [0, 0.1) is 0 Å². The van der Waals surface area contributed by atoms with E-state index in [1.807, 2.05) is 24.3 Å². The van der Waals surface area contributed by atoms with E-state index in [0.29, 0.717) is 29.2 Å². The van der Waals surface area contributed by atoms with E-state index >= 15 is 0 Å². The summed E-state index contributed by atoms with van der Waals surface area (Å²) in [6.45, 7) is 0.287. The topological polar surface area (TPSA) is 82.1 Å². The van der Waals surface area contributed by atoms with Crippen LogP contribution in [0.15, 0.2) is 40.9 Å². The molecule has 0 aliphatic carbocycles. The van der Waals surface area contributed by atoms with Crippen LogP contribution >= 0.6 is 15.9 Å². The maximum atomic E-state index is 13.5.